The van der Waals surface area contributed by atoms with Crippen LogP contribution in [-0.4, -0.2) is 57.9 Å². The number of hydrogen-bond donors (Lipinski definition) is 3. The van der Waals surface area contributed by atoms with E-state index in [1.807, 2.05) is 19.2 Å². The highest BCUT2D eigenvalue weighted by Gasteiger charge is 2.31. The summed E-state index contributed by atoms with van der Waals surface area (Å²) in [6, 6.07) is 11.0. The Morgan fingerprint density at radius 2 is 1.84 bits per heavy atom. The van der Waals surface area contributed by atoms with Gasteiger partial charge in [0.05, 0.1) is 23.9 Å². The quantitative estimate of drug-likeness (QED) is 0.380. The van der Waals surface area contributed by atoms with Crippen molar-refractivity contribution in [3.05, 3.63) is 70.9 Å². The number of nitrogens with zero attached hydrogens (tertiary/aromatic N) is 3. The Kier molecular flexibility index (Phi) is 6.94. The first kappa shape index (κ1) is 24.9. The van der Waals surface area contributed by atoms with Crippen LogP contribution in [0, 0.1) is 11.6 Å². The molecule has 5 rings (SSSR count). The molecule has 0 radical (unpaired) electrons. The zero-order chi connectivity index (χ0) is 26.1. The first-order chi connectivity index (χ1) is 17.8. The van der Waals surface area contributed by atoms with Gasteiger partial charge in [-0.25, -0.2) is 18.7 Å². The molecular weight excluding hydrogens is 480 g/mol. The summed E-state index contributed by atoms with van der Waals surface area (Å²) in [4.78, 5) is 34.9. The van der Waals surface area contributed by atoms with E-state index in [1.54, 1.807) is 12.1 Å². The molecule has 0 bridgehead atoms. The molecule has 2 aromatic carbocycles. The van der Waals surface area contributed by atoms with Crippen LogP contribution >= 0.6 is 0 Å². The van der Waals surface area contributed by atoms with Gasteiger partial charge in [-0.1, -0.05) is 18.2 Å². The van der Waals surface area contributed by atoms with E-state index in [9.17, 15) is 23.5 Å². The van der Waals surface area contributed by atoms with Gasteiger partial charge in [0, 0.05) is 17.6 Å². The SMILES string of the molecule is CN(CC[C@H](C=O)c1ccc(Nc2nc(-c3c(F)cccc3F)nc3c2C(=O)NC3)cc1)[C@H]1C[C@@H](O)C1. The lowest BCUT2D eigenvalue weighted by Crippen LogP contribution is -2.45. The minimum Gasteiger partial charge on any atom is -0.393 e. The summed E-state index contributed by atoms with van der Waals surface area (Å²) in [7, 11) is 2.00. The lowest BCUT2D eigenvalue weighted by atomic mass is 9.88. The molecule has 1 aromatic heterocycles. The molecule has 3 aromatic rings. The van der Waals surface area contributed by atoms with Gasteiger partial charge in [-0.2, -0.15) is 0 Å². The van der Waals surface area contributed by atoms with E-state index in [-0.39, 0.29) is 47.2 Å². The Balaban J connectivity index is 1.35. The van der Waals surface area contributed by atoms with Gasteiger partial charge in [-0.3, -0.25) is 4.79 Å². The molecule has 1 atom stereocenters. The molecule has 0 spiro atoms. The number of carbonyl (C=O) groups excluding carboxylic acids is 2. The first-order valence-electron chi connectivity index (χ1n) is 12.2. The minimum atomic E-state index is -0.799. The Morgan fingerprint density at radius 1 is 1.14 bits per heavy atom. The molecule has 3 N–H and O–H groups in total. The van der Waals surface area contributed by atoms with Crippen LogP contribution in [0.5, 0.6) is 0 Å². The number of aliphatic hydroxyl groups excluding tert-OH is 1. The van der Waals surface area contributed by atoms with Crippen LogP contribution in [0.3, 0.4) is 0 Å². The Bertz CT molecular complexity index is 1310. The van der Waals surface area contributed by atoms with Gasteiger partial charge in [0.15, 0.2) is 5.82 Å². The summed E-state index contributed by atoms with van der Waals surface area (Å²) < 4.78 is 28.8. The topological polar surface area (TPSA) is 107 Å². The average molecular weight is 508 g/mol. The van der Waals surface area contributed by atoms with E-state index < -0.39 is 11.6 Å². The van der Waals surface area contributed by atoms with E-state index in [0.29, 0.717) is 23.8 Å². The highest BCUT2D eigenvalue weighted by atomic mass is 19.1. The van der Waals surface area contributed by atoms with Gasteiger partial charge < -0.3 is 25.4 Å². The molecule has 1 saturated carbocycles. The van der Waals surface area contributed by atoms with Crippen LogP contribution in [0.1, 0.15) is 46.8 Å². The summed E-state index contributed by atoms with van der Waals surface area (Å²) in [5.41, 5.74) is 1.65. The maximum Gasteiger partial charge on any atom is 0.257 e. The van der Waals surface area contributed by atoms with Crippen molar-refractivity contribution >= 4 is 23.7 Å². The lowest BCUT2D eigenvalue weighted by Gasteiger charge is -2.38. The number of nitrogens with one attached hydrogen (secondary N) is 2. The maximum atomic E-state index is 14.4. The average Bonchev–Trinajstić information content (AvgIpc) is 3.24. The van der Waals surface area contributed by atoms with Crippen molar-refractivity contribution in [2.24, 2.45) is 0 Å². The molecule has 1 amide bonds. The van der Waals surface area contributed by atoms with Gasteiger partial charge in [0.1, 0.15) is 29.3 Å². The number of benzene rings is 2. The van der Waals surface area contributed by atoms with E-state index in [1.165, 1.54) is 6.07 Å². The van der Waals surface area contributed by atoms with Crippen molar-refractivity contribution in [2.45, 2.75) is 43.9 Å². The first-order valence-corrected chi connectivity index (χ1v) is 12.2. The number of aldehydes is 1. The fourth-order valence-corrected chi connectivity index (χ4v) is 4.75. The molecule has 0 saturated heterocycles. The molecule has 8 nitrogen and oxygen atoms in total. The van der Waals surface area contributed by atoms with Crippen LogP contribution in [0.25, 0.3) is 11.4 Å². The zero-order valence-corrected chi connectivity index (χ0v) is 20.2. The van der Waals surface area contributed by atoms with Crippen LogP contribution in [0.4, 0.5) is 20.3 Å². The molecule has 10 heteroatoms. The third kappa shape index (κ3) is 5.07. The fourth-order valence-electron chi connectivity index (χ4n) is 4.75. The molecule has 0 unspecified atom stereocenters. The largest absolute Gasteiger partial charge is 0.393 e. The molecule has 1 fully saturated rings. The predicted octanol–water partition coefficient (Wildman–Crippen LogP) is 3.54. The Hall–Kier alpha value is -3.76. The second kappa shape index (κ2) is 10.3. The summed E-state index contributed by atoms with van der Waals surface area (Å²) >= 11 is 0. The van der Waals surface area contributed by atoms with Gasteiger partial charge in [-0.15, -0.1) is 0 Å². The number of carbonyl (C=O) groups is 2. The Morgan fingerprint density at radius 3 is 2.49 bits per heavy atom. The number of aliphatic hydroxyl groups is 1. The fraction of sp³-hybridized carbons (Fsp3) is 0.333. The molecule has 1 aliphatic carbocycles. The van der Waals surface area contributed by atoms with Crippen LogP contribution in [-0.2, 0) is 11.3 Å². The highest BCUT2D eigenvalue weighted by molar-refractivity contribution is 6.03. The monoisotopic (exact) mass is 507 g/mol. The maximum absolute atomic E-state index is 14.4. The predicted molar refractivity (Wildman–Crippen MR) is 133 cm³/mol. The van der Waals surface area contributed by atoms with E-state index >= 15 is 0 Å². The zero-order valence-electron chi connectivity index (χ0n) is 20.2. The van der Waals surface area contributed by atoms with E-state index in [4.69, 9.17) is 0 Å². The number of halogens is 2. The molecule has 192 valence electrons. The number of aromatic nitrogens is 2. The summed E-state index contributed by atoms with van der Waals surface area (Å²) in [5.74, 6) is -2.28. The summed E-state index contributed by atoms with van der Waals surface area (Å²) in [6.07, 6.45) is 2.88. The van der Waals surface area contributed by atoms with Crippen LogP contribution < -0.4 is 10.6 Å². The smallest absolute Gasteiger partial charge is 0.257 e. The van der Waals surface area contributed by atoms with Gasteiger partial charge in [-0.05, 0) is 62.7 Å². The van der Waals surface area contributed by atoms with Crippen LogP contribution in [0.15, 0.2) is 42.5 Å². The number of amides is 1. The van der Waals surface area contributed by atoms with Gasteiger partial charge in [0.25, 0.3) is 5.91 Å². The third-order valence-electron chi connectivity index (χ3n) is 7.08. The van der Waals surface area contributed by atoms with Crippen molar-refractivity contribution in [1.29, 1.82) is 0 Å². The molecule has 37 heavy (non-hydrogen) atoms. The minimum absolute atomic E-state index is 0.128. The van der Waals surface area contributed by atoms with E-state index in [2.05, 4.69) is 25.5 Å². The third-order valence-corrected chi connectivity index (χ3v) is 7.08. The summed E-state index contributed by atoms with van der Waals surface area (Å²) in [6.45, 7) is 0.862. The van der Waals surface area contributed by atoms with Crippen molar-refractivity contribution in [2.75, 3.05) is 18.9 Å². The second-order valence-corrected chi connectivity index (χ2v) is 9.53. The van der Waals surface area contributed by atoms with Crippen molar-refractivity contribution < 1.29 is 23.5 Å². The lowest BCUT2D eigenvalue weighted by molar-refractivity contribution is -0.109. The molecule has 2 heterocycles. The van der Waals surface area contributed by atoms with Crippen molar-refractivity contribution in [3.8, 4) is 11.4 Å². The molecule has 2 aliphatic rings. The normalized spacial score (nSPS) is 19.2. The van der Waals surface area contributed by atoms with Gasteiger partial charge >= 0.3 is 0 Å². The standard InChI is InChI=1S/C27H27F2N5O3/c1-34(18-11-19(36)12-18)10-9-16(14-35)15-5-7-17(8-6-15)31-26-24-22(13-30-27(24)37)32-25(33-26)23-20(28)3-2-4-21(23)29/h2-8,14,16,18-19,36H,9-13H2,1H3,(H,30,37)(H,31,32,33)/t16-,18-,19+/m1/s1. The summed E-state index contributed by atoms with van der Waals surface area (Å²) in [5, 5.41) is 15.3. The number of anilines is 2. The highest BCUT2D eigenvalue weighted by Crippen LogP contribution is 2.31. The second-order valence-electron chi connectivity index (χ2n) is 9.53. The van der Waals surface area contributed by atoms with Crippen molar-refractivity contribution in [1.82, 2.24) is 20.2 Å². The van der Waals surface area contributed by atoms with Crippen LogP contribution in [0.2, 0.25) is 0 Å². The van der Waals surface area contributed by atoms with E-state index in [0.717, 1.165) is 43.4 Å². The molecular formula is C27H27F2N5O3. The molecule has 1 aliphatic heterocycles. The van der Waals surface area contributed by atoms with Gasteiger partial charge in [0.2, 0.25) is 0 Å². The Labute approximate surface area is 212 Å². The number of hydrogen-bond acceptors (Lipinski definition) is 7. The number of rotatable bonds is 9. The number of fused-ring (bicyclic) bond motifs is 1. The van der Waals surface area contributed by atoms with Crippen molar-refractivity contribution in [3.63, 3.8) is 0 Å².